The summed E-state index contributed by atoms with van der Waals surface area (Å²) in [5.74, 6) is -10.4. The first-order valence-corrected chi connectivity index (χ1v) is 13.8. The van der Waals surface area contributed by atoms with E-state index in [-0.39, 0.29) is 24.3 Å². The molecule has 0 spiro atoms. The van der Waals surface area contributed by atoms with Gasteiger partial charge in [-0.05, 0) is 25.7 Å². The summed E-state index contributed by atoms with van der Waals surface area (Å²) in [6, 6.07) is -5.42. The second-order valence-electron chi connectivity index (χ2n) is 7.91. The van der Waals surface area contributed by atoms with Gasteiger partial charge in [0.25, 0.3) is 0 Å². The molecule has 0 rings (SSSR count). The summed E-state index contributed by atoms with van der Waals surface area (Å²) in [5.41, 5.74) is 11.2. The molecule has 0 aliphatic rings. The molecule has 0 heterocycles. The fraction of sp³-hybridized carbons (Fsp3) is 0.600. The number of aliphatic carboxylic acids is 4. The van der Waals surface area contributed by atoms with E-state index >= 15 is 0 Å². The maximum atomic E-state index is 12.4. The van der Waals surface area contributed by atoms with Gasteiger partial charge >= 0.3 is 0 Å². The van der Waals surface area contributed by atoms with Crippen LogP contribution < -0.4 is 53.2 Å². The SMILES string of the molecule is NC(CCC(=O)[O-])C(=O)NC(CSSCC(NC(=O)C(N)CCC(=O)[O-])C(=O)NCC(=O)[O-])C(=O)NCC(=O)[O-]. The van der Waals surface area contributed by atoms with Crippen LogP contribution in [0.1, 0.15) is 25.7 Å². The molecule has 0 aliphatic carbocycles. The molecular weight excluding hydrogens is 580 g/mol. The van der Waals surface area contributed by atoms with Crippen molar-refractivity contribution in [1.82, 2.24) is 21.3 Å². The Labute approximate surface area is 235 Å². The minimum absolute atomic E-state index is 0.241. The summed E-state index contributed by atoms with van der Waals surface area (Å²) in [6.07, 6.45) is -1.69. The number of carbonyl (C=O) groups is 8. The highest BCUT2D eigenvalue weighted by Crippen LogP contribution is 2.23. The Hall–Kier alpha value is -3.62. The van der Waals surface area contributed by atoms with Gasteiger partial charge in [0, 0.05) is 23.4 Å². The van der Waals surface area contributed by atoms with Crippen molar-refractivity contribution in [1.29, 1.82) is 0 Å². The number of amides is 4. The predicted octanol–water partition coefficient (Wildman–Crippen LogP) is -9.22. The van der Waals surface area contributed by atoms with Crippen LogP contribution in [0.5, 0.6) is 0 Å². The highest BCUT2D eigenvalue weighted by Gasteiger charge is 2.26. The van der Waals surface area contributed by atoms with E-state index in [1.165, 1.54) is 0 Å². The smallest absolute Gasteiger partial charge is 0.243 e. The molecule has 20 heteroatoms. The molecule has 18 nitrogen and oxygen atoms in total. The van der Waals surface area contributed by atoms with Crippen molar-refractivity contribution >= 4 is 69.1 Å². The van der Waals surface area contributed by atoms with Gasteiger partial charge in [-0.2, -0.15) is 0 Å². The van der Waals surface area contributed by atoms with Crippen LogP contribution >= 0.6 is 21.6 Å². The minimum atomic E-state index is -1.62. The summed E-state index contributed by atoms with van der Waals surface area (Å²) in [5, 5.41) is 51.0. The summed E-state index contributed by atoms with van der Waals surface area (Å²) >= 11 is 0. The van der Waals surface area contributed by atoms with Crippen molar-refractivity contribution in [3.05, 3.63) is 0 Å². The number of nitrogens with two attached hydrogens (primary N) is 2. The molecule has 40 heavy (non-hydrogen) atoms. The highest BCUT2D eigenvalue weighted by molar-refractivity contribution is 8.76. The van der Waals surface area contributed by atoms with Gasteiger partial charge in [0.2, 0.25) is 23.6 Å². The number of carboxylic acids is 4. The van der Waals surface area contributed by atoms with Crippen LogP contribution in [0.3, 0.4) is 0 Å². The standard InChI is InChI=1S/C20H32N6O12S2/c21-9(1-3-13(27)28)17(35)25-11(19(37)23-5-15(31)32)7-39-40-8-12(20(38)24-6-16(33)34)26-18(36)10(22)2-4-14(29)30/h9-12H,1-8,21-22H2,(H,23,37)(H,24,38)(H,25,35)(H,26,36)(H,27,28)(H,29,30)(H,31,32)(H,33,34)/p-4. The number of nitrogens with one attached hydrogen (secondary N) is 4. The predicted molar refractivity (Wildman–Crippen MR) is 129 cm³/mol. The first-order valence-electron chi connectivity index (χ1n) is 11.3. The van der Waals surface area contributed by atoms with Crippen LogP contribution in [-0.4, -0.2) is 96.3 Å². The molecule has 4 atom stereocenters. The number of hydrogen-bond acceptors (Lipinski definition) is 16. The van der Waals surface area contributed by atoms with Crippen molar-refractivity contribution in [2.24, 2.45) is 11.5 Å². The zero-order valence-electron chi connectivity index (χ0n) is 20.8. The third-order valence-electron chi connectivity index (χ3n) is 4.63. The third-order valence-corrected chi connectivity index (χ3v) is 7.05. The third kappa shape index (κ3) is 17.1. The fourth-order valence-corrected chi connectivity index (χ4v) is 4.86. The number of carbonyl (C=O) groups excluding carboxylic acids is 8. The molecule has 8 N–H and O–H groups in total. The first kappa shape index (κ1) is 36.4. The summed E-state index contributed by atoms with van der Waals surface area (Å²) in [7, 11) is 1.74. The largest absolute Gasteiger partial charge is 0.550 e. The van der Waals surface area contributed by atoms with Gasteiger partial charge in [0.15, 0.2) is 0 Å². The van der Waals surface area contributed by atoms with Crippen LogP contribution in [0.4, 0.5) is 0 Å². The fourth-order valence-electron chi connectivity index (χ4n) is 2.53. The summed E-state index contributed by atoms with van der Waals surface area (Å²) in [4.78, 5) is 91.7. The van der Waals surface area contributed by atoms with Gasteiger partial charge in [-0.3, -0.25) is 19.2 Å². The van der Waals surface area contributed by atoms with Crippen LogP contribution in [0.2, 0.25) is 0 Å². The van der Waals surface area contributed by atoms with E-state index < -0.39 is 97.6 Å². The molecule has 0 saturated heterocycles. The topological polar surface area (TPSA) is 329 Å². The summed E-state index contributed by atoms with van der Waals surface area (Å²) < 4.78 is 0. The average Bonchev–Trinajstić information content (AvgIpc) is 2.87. The minimum Gasteiger partial charge on any atom is -0.550 e. The van der Waals surface area contributed by atoms with Crippen molar-refractivity contribution < 1.29 is 58.8 Å². The molecular formula is C20H28N6O12S2-4. The van der Waals surface area contributed by atoms with E-state index in [0.29, 0.717) is 0 Å². The Kier molecular flexibility index (Phi) is 17.7. The lowest BCUT2D eigenvalue weighted by atomic mass is 10.1. The van der Waals surface area contributed by atoms with Crippen molar-refractivity contribution in [3.8, 4) is 0 Å². The second kappa shape index (κ2) is 19.4. The molecule has 0 aliphatic heterocycles. The van der Waals surface area contributed by atoms with Gasteiger partial charge in [-0.15, -0.1) is 0 Å². The first-order chi connectivity index (χ1) is 18.6. The quantitative estimate of drug-likeness (QED) is 0.0520. The number of rotatable bonds is 21. The van der Waals surface area contributed by atoms with Crippen LogP contribution in [0.15, 0.2) is 0 Å². The molecule has 0 fully saturated rings. The van der Waals surface area contributed by atoms with Crippen molar-refractivity contribution in [2.45, 2.75) is 49.9 Å². The molecule has 0 aromatic carbocycles. The molecule has 0 saturated carbocycles. The molecule has 0 bridgehead atoms. The molecule has 4 unspecified atom stereocenters. The van der Waals surface area contributed by atoms with Crippen molar-refractivity contribution in [2.75, 3.05) is 24.6 Å². The molecule has 4 amide bonds. The van der Waals surface area contributed by atoms with Gasteiger partial charge in [0.05, 0.1) is 37.1 Å². The maximum Gasteiger partial charge on any atom is 0.243 e. The zero-order chi connectivity index (χ0) is 30.8. The Morgan fingerprint density at radius 2 is 0.875 bits per heavy atom. The van der Waals surface area contributed by atoms with E-state index in [0.717, 1.165) is 21.6 Å². The zero-order valence-corrected chi connectivity index (χ0v) is 22.5. The van der Waals surface area contributed by atoms with E-state index in [1.807, 2.05) is 10.6 Å². The van der Waals surface area contributed by atoms with E-state index in [2.05, 4.69) is 10.6 Å². The Morgan fingerprint density at radius 1 is 0.550 bits per heavy atom. The highest BCUT2D eigenvalue weighted by atomic mass is 33.1. The van der Waals surface area contributed by atoms with Gasteiger partial charge in [-0.25, -0.2) is 0 Å². The molecule has 0 aromatic heterocycles. The maximum absolute atomic E-state index is 12.4. The van der Waals surface area contributed by atoms with Gasteiger partial charge in [0.1, 0.15) is 12.1 Å². The van der Waals surface area contributed by atoms with Crippen LogP contribution in [-0.2, 0) is 38.4 Å². The van der Waals surface area contributed by atoms with E-state index in [4.69, 9.17) is 11.5 Å². The lowest BCUT2D eigenvalue weighted by Gasteiger charge is -2.22. The van der Waals surface area contributed by atoms with Crippen molar-refractivity contribution in [3.63, 3.8) is 0 Å². The Morgan fingerprint density at radius 3 is 1.15 bits per heavy atom. The Balaban J connectivity index is 5.28. The van der Waals surface area contributed by atoms with Crippen LogP contribution in [0.25, 0.3) is 0 Å². The lowest BCUT2D eigenvalue weighted by Crippen LogP contribution is -2.54. The lowest BCUT2D eigenvalue weighted by molar-refractivity contribution is -0.307. The summed E-state index contributed by atoms with van der Waals surface area (Å²) in [6.45, 7) is -1.77. The number of carboxylic acid groups (broad SMARTS) is 4. The van der Waals surface area contributed by atoms with E-state index in [9.17, 15) is 58.8 Å². The molecule has 0 aromatic rings. The van der Waals surface area contributed by atoms with Crippen LogP contribution in [0, 0.1) is 0 Å². The van der Waals surface area contributed by atoms with Gasteiger partial charge < -0.3 is 72.3 Å². The Bertz CT molecular complexity index is 879. The average molecular weight is 609 g/mol. The number of hydrogen-bond donors (Lipinski definition) is 6. The molecule has 0 radical (unpaired) electrons. The molecule has 226 valence electrons. The monoisotopic (exact) mass is 608 g/mol. The van der Waals surface area contributed by atoms with Gasteiger partial charge in [-0.1, -0.05) is 21.6 Å². The second-order valence-corrected chi connectivity index (χ2v) is 10.5. The van der Waals surface area contributed by atoms with E-state index in [1.54, 1.807) is 0 Å². The normalized spacial score (nSPS) is 13.6.